The maximum atomic E-state index is 14.1. The van der Waals surface area contributed by atoms with Gasteiger partial charge in [-0.2, -0.15) is 5.10 Å². The van der Waals surface area contributed by atoms with Crippen LogP contribution < -0.4 is 10.2 Å². The van der Waals surface area contributed by atoms with Gasteiger partial charge in [-0.1, -0.05) is 29.8 Å². The molecule has 0 fully saturated rings. The lowest BCUT2D eigenvalue weighted by atomic mass is 9.99. The van der Waals surface area contributed by atoms with Crippen LogP contribution in [0.5, 0.6) is 0 Å². The van der Waals surface area contributed by atoms with Gasteiger partial charge in [0.05, 0.1) is 47.5 Å². The molecule has 31 heavy (non-hydrogen) atoms. The normalized spacial score (nSPS) is 16.9. The van der Waals surface area contributed by atoms with Gasteiger partial charge in [-0.15, -0.1) is 0 Å². The lowest BCUT2D eigenvalue weighted by Gasteiger charge is -2.34. The Kier molecular flexibility index (Phi) is 5.93. The number of rotatable bonds is 6. The van der Waals surface area contributed by atoms with Gasteiger partial charge in [-0.3, -0.25) is 9.48 Å². The van der Waals surface area contributed by atoms with Crippen molar-refractivity contribution in [2.45, 2.75) is 38.9 Å². The summed E-state index contributed by atoms with van der Waals surface area (Å²) in [4.78, 5) is 19.2. The highest BCUT2D eigenvalue weighted by atomic mass is 35.5. The van der Waals surface area contributed by atoms with E-state index in [0.29, 0.717) is 34.1 Å². The zero-order chi connectivity index (χ0) is 22.1. The molecule has 0 saturated carbocycles. The predicted octanol–water partition coefficient (Wildman–Crippen LogP) is 3.50. The third kappa shape index (κ3) is 4.13. The van der Waals surface area contributed by atoms with E-state index in [0.717, 1.165) is 5.69 Å². The van der Waals surface area contributed by atoms with Crippen LogP contribution in [0, 0.1) is 5.82 Å². The van der Waals surface area contributed by atoms with Crippen LogP contribution in [-0.4, -0.2) is 44.5 Å². The average Bonchev–Trinajstić information content (AvgIpc) is 3.14. The number of carbonyl (C=O) groups is 1. The van der Waals surface area contributed by atoms with E-state index in [9.17, 15) is 14.3 Å². The Morgan fingerprint density at radius 3 is 2.87 bits per heavy atom. The minimum Gasteiger partial charge on any atom is -0.394 e. The molecule has 2 N–H and O–H groups in total. The number of nitrogens with one attached hydrogen (secondary N) is 1. The van der Waals surface area contributed by atoms with Crippen LogP contribution >= 0.6 is 11.6 Å². The van der Waals surface area contributed by atoms with Gasteiger partial charge in [0.15, 0.2) is 0 Å². The highest BCUT2D eigenvalue weighted by Gasteiger charge is 2.35. The van der Waals surface area contributed by atoms with Crippen LogP contribution in [0.2, 0.25) is 5.02 Å². The molecule has 1 unspecified atom stereocenters. The maximum Gasteiger partial charge on any atom is 0.262 e. The van der Waals surface area contributed by atoms with E-state index in [1.165, 1.54) is 18.5 Å². The van der Waals surface area contributed by atoms with Crippen LogP contribution in [-0.2, 0) is 13.0 Å². The zero-order valence-corrected chi connectivity index (χ0v) is 18.0. The van der Waals surface area contributed by atoms with E-state index < -0.39 is 0 Å². The smallest absolute Gasteiger partial charge is 0.262 e. The van der Waals surface area contributed by atoms with Crippen LogP contribution in [0.15, 0.2) is 42.7 Å². The number of benzene rings is 1. The van der Waals surface area contributed by atoms with Gasteiger partial charge in [0.25, 0.3) is 5.91 Å². The summed E-state index contributed by atoms with van der Waals surface area (Å²) in [7, 11) is 0. The second kappa shape index (κ2) is 8.64. The number of amides is 1. The molecule has 0 bridgehead atoms. The monoisotopic (exact) mass is 443 g/mol. The molecule has 162 valence electrons. The van der Waals surface area contributed by atoms with Crippen LogP contribution in [0.1, 0.15) is 35.5 Å². The Bertz CT molecular complexity index is 1120. The van der Waals surface area contributed by atoms with Gasteiger partial charge >= 0.3 is 0 Å². The summed E-state index contributed by atoms with van der Waals surface area (Å²) < 4.78 is 15.8. The fourth-order valence-electron chi connectivity index (χ4n) is 3.77. The van der Waals surface area contributed by atoms with Crippen molar-refractivity contribution in [3.8, 4) is 0 Å². The Balaban J connectivity index is 1.65. The first-order valence-electron chi connectivity index (χ1n) is 10.0. The van der Waals surface area contributed by atoms with Gasteiger partial charge in [0, 0.05) is 30.1 Å². The predicted molar refractivity (Wildman–Crippen MR) is 117 cm³/mol. The van der Waals surface area contributed by atoms with Crippen LogP contribution in [0.25, 0.3) is 0 Å². The Morgan fingerprint density at radius 2 is 2.13 bits per heavy atom. The minimum absolute atomic E-state index is 0.0523. The molecule has 7 nitrogen and oxygen atoms in total. The molecule has 4 rings (SSSR count). The molecule has 3 aromatic rings. The van der Waals surface area contributed by atoms with Gasteiger partial charge < -0.3 is 15.3 Å². The van der Waals surface area contributed by atoms with Crippen molar-refractivity contribution in [3.05, 3.63) is 70.4 Å². The van der Waals surface area contributed by atoms with E-state index in [1.807, 2.05) is 13.8 Å². The van der Waals surface area contributed by atoms with Crippen LogP contribution in [0.3, 0.4) is 0 Å². The van der Waals surface area contributed by atoms with E-state index in [4.69, 9.17) is 11.6 Å². The van der Waals surface area contributed by atoms with Crippen molar-refractivity contribution in [1.29, 1.82) is 0 Å². The molecular weight excluding hydrogens is 421 g/mol. The van der Waals surface area contributed by atoms with E-state index >= 15 is 0 Å². The second-order valence-electron chi connectivity index (χ2n) is 7.73. The molecule has 0 spiro atoms. The first-order valence-corrected chi connectivity index (χ1v) is 10.4. The van der Waals surface area contributed by atoms with E-state index in [2.05, 4.69) is 15.4 Å². The summed E-state index contributed by atoms with van der Waals surface area (Å²) in [5.74, 6) is -0.00551. The lowest BCUT2D eigenvalue weighted by molar-refractivity contribution is 0.0969. The molecule has 3 heterocycles. The molecule has 1 amide bonds. The summed E-state index contributed by atoms with van der Waals surface area (Å²) in [5, 5.41) is 17.1. The molecule has 0 saturated heterocycles. The summed E-state index contributed by atoms with van der Waals surface area (Å²) in [5.41, 5.74) is 2.30. The second-order valence-corrected chi connectivity index (χ2v) is 8.14. The number of aliphatic hydroxyl groups is 1. The van der Waals surface area contributed by atoms with Gasteiger partial charge in [-0.05, 0) is 19.9 Å². The Labute approximate surface area is 184 Å². The highest BCUT2D eigenvalue weighted by Crippen LogP contribution is 2.34. The van der Waals surface area contributed by atoms with E-state index in [1.54, 1.807) is 33.8 Å². The summed E-state index contributed by atoms with van der Waals surface area (Å²) in [6, 6.07) is 7.86. The first kappa shape index (κ1) is 21.3. The number of aliphatic hydroxyl groups excluding tert-OH is 1. The maximum absolute atomic E-state index is 14.1. The number of aromatic nitrogens is 3. The SMILES string of the molecule is CC1Cc2c(cnn2Cc2ccccc2F)C(=O)N1c1cc(N[C@@H](C)CO)ncc1Cl. The van der Waals surface area contributed by atoms with Crippen molar-refractivity contribution >= 4 is 29.0 Å². The van der Waals surface area contributed by atoms with Gasteiger partial charge in [0.1, 0.15) is 11.6 Å². The van der Waals surface area contributed by atoms with Crippen molar-refractivity contribution in [2.75, 3.05) is 16.8 Å². The van der Waals surface area contributed by atoms with Gasteiger partial charge in [-0.25, -0.2) is 9.37 Å². The average molecular weight is 444 g/mol. The Morgan fingerprint density at radius 1 is 1.35 bits per heavy atom. The third-order valence-corrected chi connectivity index (χ3v) is 5.66. The molecule has 2 aromatic heterocycles. The number of fused-ring (bicyclic) bond motifs is 1. The van der Waals surface area contributed by atoms with Crippen molar-refractivity contribution in [3.63, 3.8) is 0 Å². The molecule has 9 heteroatoms. The molecule has 0 aliphatic carbocycles. The number of carbonyl (C=O) groups excluding carboxylic acids is 1. The van der Waals surface area contributed by atoms with Crippen molar-refractivity contribution < 1.29 is 14.3 Å². The molecule has 1 aliphatic heterocycles. The fraction of sp³-hybridized carbons (Fsp3) is 0.318. The molecule has 1 aromatic carbocycles. The first-order chi connectivity index (χ1) is 14.9. The molecule has 2 atom stereocenters. The fourth-order valence-corrected chi connectivity index (χ4v) is 3.96. The largest absolute Gasteiger partial charge is 0.394 e. The summed E-state index contributed by atoms with van der Waals surface area (Å²) in [6.07, 6.45) is 3.56. The number of hydrogen-bond acceptors (Lipinski definition) is 5. The number of hydrogen-bond donors (Lipinski definition) is 2. The van der Waals surface area contributed by atoms with Crippen molar-refractivity contribution in [2.24, 2.45) is 0 Å². The number of pyridine rings is 1. The van der Waals surface area contributed by atoms with E-state index in [-0.39, 0.29) is 37.0 Å². The number of anilines is 2. The molecule has 1 aliphatic rings. The molecular formula is C22H23ClFN5O2. The highest BCUT2D eigenvalue weighted by molar-refractivity contribution is 6.34. The molecule has 0 radical (unpaired) electrons. The lowest BCUT2D eigenvalue weighted by Crippen LogP contribution is -2.44. The summed E-state index contributed by atoms with van der Waals surface area (Å²) in [6.45, 7) is 3.96. The standard InChI is InChI=1S/C22H23ClFN5O2/c1-13(12-30)27-21-8-20(17(23)10-25-21)29-14(2)7-19-16(22(29)31)9-26-28(19)11-15-5-3-4-6-18(15)24/h3-6,8-10,13-14,30H,7,11-12H2,1-2H3,(H,25,27)/t13-,14?/m0/s1. The third-order valence-electron chi connectivity index (χ3n) is 5.37. The zero-order valence-electron chi connectivity index (χ0n) is 17.2. The van der Waals surface area contributed by atoms with Crippen molar-refractivity contribution in [1.82, 2.24) is 14.8 Å². The topological polar surface area (TPSA) is 83.3 Å². The minimum atomic E-state index is -0.302. The Hall–Kier alpha value is -2.97. The van der Waals surface area contributed by atoms with Gasteiger partial charge in [0.2, 0.25) is 0 Å². The van der Waals surface area contributed by atoms with Crippen LogP contribution in [0.4, 0.5) is 15.9 Å². The number of nitrogens with zero attached hydrogens (tertiary/aromatic N) is 4. The summed E-state index contributed by atoms with van der Waals surface area (Å²) >= 11 is 6.39. The number of halogens is 2. The quantitative estimate of drug-likeness (QED) is 0.609.